The number of nitriles is 1. The Balaban J connectivity index is 1.36. The topological polar surface area (TPSA) is 82.0 Å². The Morgan fingerprint density at radius 1 is 1.15 bits per heavy atom. The van der Waals surface area contributed by atoms with Crippen molar-refractivity contribution in [2.75, 3.05) is 13.1 Å². The number of hydrogen-bond acceptors (Lipinski definition) is 3. The van der Waals surface area contributed by atoms with Crippen molar-refractivity contribution >= 4 is 11.8 Å². The summed E-state index contributed by atoms with van der Waals surface area (Å²) in [6.07, 6.45) is 6.53. The van der Waals surface area contributed by atoms with E-state index in [1.807, 2.05) is 0 Å². The first-order valence-corrected chi connectivity index (χ1v) is 7.61. The predicted octanol–water partition coefficient (Wildman–Crippen LogP) is 0.959. The highest BCUT2D eigenvalue weighted by atomic mass is 16.2. The number of rotatable bonds is 5. The van der Waals surface area contributed by atoms with Gasteiger partial charge >= 0.3 is 0 Å². The molecule has 0 saturated heterocycles. The molecule has 0 aliphatic heterocycles. The average Bonchev–Trinajstić information content (AvgIpc) is 3.36. The van der Waals surface area contributed by atoms with Crippen LogP contribution in [0.5, 0.6) is 0 Å². The maximum Gasteiger partial charge on any atom is 0.239 e. The molecule has 0 aromatic heterocycles. The number of hydrogen-bond donors (Lipinski definition) is 2. The number of fused-ring (bicyclic) bond motifs is 1. The van der Waals surface area contributed by atoms with Crippen LogP contribution < -0.4 is 10.6 Å². The van der Waals surface area contributed by atoms with E-state index in [1.54, 1.807) is 0 Å². The maximum atomic E-state index is 12.0. The average molecular weight is 275 g/mol. The highest BCUT2D eigenvalue weighted by Crippen LogP contribution is 2.55. The fourth-order valence-electron chi connectivity index (χ4n) is 3.48. The highest BCUT2D eigenvalue weighted by molar-refractivity contribution is 5.87. The lowest BCUT2D eigenvalue weighted by molar-refractivity contribution is -0.127. The SMILES string of the molecule is N#CC1(CNC(=O)CNC(=O)C2[C@H]3CCCC[C@@H]23)CC1. The third-order valence-electron chi connectivity index (χ3n) is 5.10. The second-order valence-corrected chi connectivity index (χ2v) is 6.52. The normalized spacial score (nSPS) is 32.5. The molecule has 0 spiro atoms. The summed E-state index contributed by atoms with van der Waals surface area (Å²) in [5.41, 5.74) is -0.328. The molecule has 3 rings (SSSR count). The lowest BCUT2D eigenvalue weighted by Gasteiger charge is -2.09. The van der Waals surface area contributed by atoms with Gasteiger partial charge in [0.2, 0.25) is 11.8 Å². The van der Waals surface area contributed by atoms with Gasteiger partial charge < -0.3 is 10.6 Å². The fourth-order valence-corrected chi connectivity index (χ4v) is 3.48. The van der Waals surface area contributed by atoms with E-state index in [4.69, 9.17) is 5.26 Å². The minimum absolute atomic E-state index is 0.0380. The second-order valence-electron chi connectivity index (χ2n) is 6.52. The minimum Gasteiger partial charge on any atom is -0.353 e. The van der Waals surface area contributed by atoms with E-state index in [-0.39, 0.29) is 29.7 Å². The summed E-state index contributed by atoms with van der Waals surface area (Å²) in [6, 6.07) is 2.23. The van der Waals surface area contributed by atoms with Gasteiger partial charge in [0.15, 0.2) is 0 Å². The van der Waals surface area contributed by atoms with Crippen LogP contribution in [-0.4, -0.2) is 24.9 Å². The molecular weight excluding hydrogens is 254 g/mol. The summed E-state index contributed by atoms with van der Waals surface area (Å²) in [4.78, 5) is 23.7. The van der Waals surface area contributed by atoms with Gasteiger partial charge in [0.25, 0.3) is 0 Å². The van der Waals surface area contributed by atoms with Gasteiger partial charge in [0, 0.05) is 12.5 Å². The van der Waals surface area contributed by atoms with Crippen molar-refractivity contribution in [3.63, 3.8) is 0 Å². The summed E-state index contributed by atoms with van der Waals surface area (Å²) >= 11 is 0. The molecule has 2 N–H and O–H groups in total. The molecule has 0 aromatic carbocycles. The van der Waals surface area contributed by atoms with E-state index in [1.165, 1.54) is 25.7 Å². The summed E-state index contributed by atoms with van der Waals surface area (Å²) in [5, 5.41) is 14.4. The Bertz CT molecular complexity index is 452. The molecule has 3 saturated carbocycles. The van der Waals surface area contributed by atoms with Gasteiger partial charge in [-0.25, -0.2) is 0 Å². The van der Waals surface area contributed by atoms with Crippen molar-refractivity contribution in [1.29, 1.82) is 5.26 Å². The first-order chi connectivity index (χ1) is 9.65. The fraction of sp³-hybridized carbons (Fsp3) is 0.800. The largest absolute Gasteiger partial charge is 0.353 e. The third-order valence-corrected chi connectivity index (χ3v) is 5.10. The Hall–Kier alpha value is -1.57. The van der Waals surface area contributed by atoms with Crippen LogP contribution in [0.25, 0.3) is 0 Å². The van der Waals surface area contributed by atoms with Gasteiger partial charge in [-0.1, -0.05) is 12.8 Å². The Kier molecular flexibility index (Phi) is 3.41. The zero-order chi connectivity index (χ0) is 14.2. The van der Waals surface area contributed by atoms with Gasteiger partial charge in [0.1, 0.15) is 0 Å². The molecule has 3 atom stereocenters. The maximum absolute atomic E-state index is 12.0. The summed E-state index contributed by atoms with van der Waals surface area (Å²) < 4.78 is 0. The summed E-state index contributed by atoms with van der Waals surface area (Å²) in [6.45, 7) is 0.448. The molecule has 0 bridgehead atoms. The van der Waals surface area contributed by atoms with E-state index < -0.39 is 0 Å². The molecular formula is C15H21N3O2. The van der Waals surface area contributed by atoms with E-state index >= 15 is 0 Å². The highest BCUT2D eigenvalue weighted by Gasteiger charge is 2.54. The number of carbonyl (C=O) groups excluding carboxylic acids is 2. The van der Waals surface area contributed by atoms with Crippen molar-refractivity contribution in [1.82, 2.24) is 10.6 Å². The molecule has 0 aromatic rings. The van der Waals surface area contributed by atoms with Gasteiger partial charge in [0.05, 0.1) is 18.0 Å². The van der Waals surface area contributed by atoms with Crippen molar-refractivity contribution in [2.24, 2.45) is 23.2 Å². The van der Waals surface area contributed by atoms with Gasteiger partial charge in [-0.2, -0.15) is 5.26 Å². The third kappa shape index (κ3) is 2.65. The summed E-state index contributed by atoms with van der Waals surface area (Å²) in [7, 11) is 0. The van der Waals surface area contributed by atoms with E-state index in [0.717, 1.165) is 12.8 Å². The first kappa shape index (κ1) is 13.4. The van der Waals surface area contributed by atoms with Crippen molar-refractivity contribution in [3.8, 4) is 6.07 Å². The van der Waals surface area contributed by atoms with Crippen molar-refractivity contribution in [3.05, 3.63) is 0 Å². The quantitative estimate of drug-likeness (QED) is 0.784. The Labute approximate surface area is 119 Å². The zero-order valence-electron chi connectivity index (χ0n) is 11.7. The monoisotopic (exact) mass is 275 g/mol. The molecule has 3 aliphatic rings. The van der Waals surface area contributed by atoms with Crippen LogP contribution in [0.15, 0.2) is 0 Å². The van der Waals surface area contributed by atoms with Crippen LogP contribution in [0.3, 0.4) is 0 Å². The van der Waals surface area contributed by atoms with Crippen molar-refractivity contribution < 1.29 is 9.59 Å². The van der Waals surface area contributed by atoms with Crippen LogP contribution in [0.4, 0.5) is 0 Å². The lowest BCUT2D eigenvalue weighted by atomic mass is 10.0. The van der Waals surface area contributed by atoms with Crippen LogP contribution >= 0.6 is 0 Å². The Morgan fingerprint density at radius 3 is 2.35 bits per heavy atom. The number of amides is 2. The van der Waals surface area contributed by atoms with E-state index in [0.29, 0.717) is 18.4 Å². The Morgan fingerprint density at radius 2 is 1.80 bits per heavy atom. The zero-order valence-corrected chi connectivity index (χ0v) is 11.7. The van der Waals surface area contributed by atoms with Gasteiger partial charge in [-0.15, -0.1) is 0 Å². The number of nitrogens with zero attached hydrogens (tertiary/aromatic N) is 1. The molecule has 108 valence electrons. The van der Waals surface area contributed by atoms with Gasteiger partial charge in [-0.3, -0.25) is 9.59 Å². The standard InChI is InChI=1S/C15H21N3O2/c16-8-15(5-6-15)9-18-12(19)7-17-14(20)13-10-3-1-2-4-11(10)13/h10-11,13H,1-7,9H2,(H,17,20)(H,18,19)/t10-,11+,13?. The summed E-state index contributed by atoms with van der Waals surface area (Å²) in [5.74, 6) is 1.14. The number of carbonyl (C=O) groups is 2. The van der Waals surface area contributed by atoms with Crippen LogP contribution in [-0.2, 0) is 9.59 Å². The van der Waals surface area contributed by atoms with Crippen LogP contribution in [0.1, 0.15) is 38.5 Å². The first-order valence-electron chi connectivity index (χ1n) is 7.61. The number of nitrogens with one attached hydrogen (secondary N) is 2. The molecule has 0 heterocycles. The predicted molar refractivity (Wildman–Crippen MR) is 72.2 cm³/mol. The molecule has 3 fully saturated rings. The van der Waals surface area contributed by atoms with Crippen LogP contribution in [0, 0.1) is 34.5 Å². The van der Waals surface area contributed by atoms with E-state index in [2.05, 4.69) is 16.7 Å². The molecule has 3 aliphatic carbocycles. The molecule has 2 amide bonds. The van der Waals surface area contributed by atoms with Crippen molar-refractivity contribution in [2.45, 2.75) is 38.5 Å². The second kappa shape index (κ2) is 5.08. The lowest BCUT2D eigenvalue weighted by Crippen LogP contribution is -2.39. The molecule has 0 radical (unpaired) electrons. The smallest absolute Gasteiger partial charge is 0.239 e. The molecule has 1 unspecified atom stereocenters. The molecule has 5 nitrogen and oxygen atoms in total. The molecule has 5 heteroatoms. The van der Waals surface area contributed by atoms with Gasteiger partial charge in [-0.05, 0) is 37.5 Å². The van der Waals surface area contributed by atoms with Crippen LogP contribution in [0.2, 0.25) is 0 Å². The molecule has 20 heavy (non-hydrogen) atoms. The minimum atomic E-state index is -0.328. The van der Waals surface area contributed by atoms with E-state index in [9.17, 15) is 9.59 Å².